The van der Waals surface area contributed by atoms with Crippen molar-refractivity contribution in [2.24, 2.45) is 5.41 Å². The zero-order chi connectivity index (χ0) is 11.6. The quantitative estimate of drug-likeness (QED) is 0.621. The predicted octanol–water partition coefficient (Wildman–Crippen LogP) is 2.98. The summed E-state index contributed by atoms with van der Waals surface area (Å²) in [5.74, 6) is 0.772. The summed E-state index contributed by atoms with van der Waals surface area (Å²) in [4.78, 5) is 0. The molecule has 0 spiro atoms. The van der Waals surface area contributed by atoms with Crippen LogP contribution in [0.4, 0.5) is 0 Å². The molecule has 0 saturated carbocycles. The minimum absolute atomic E-state index is 0.0629. The first-order valence-electron chi connectivity index (χ1n) is 5.13. The van der Waals surface area contributed by atoms with Gasteiger partial charge in [-0.05, 0) is 0 Å². The van der Waals surface area contributed by atoms with Crippen LogP contribution in [-0.2, 0) is 9.05 Å². The Labute approximate surface area is 104 Å². The summed E-state index contributed by atoms with van der Waals surface area (Å²) in [6, 6.07) is 9.59. The van der Waals surface area contributed by atoms with Gasteiger partial charge in [-0.3, -0.25) is 0 Å². The van der Waals surface area contributed by atoms with E-state index in [4.69, 9.17) is 13.6 Å². The summed E-state index contributed by atoms with van der Waals surface area (Å²) in [7, 11) is 0. The molecule has 0 unspecified atom stereocenters. The average Bonchev–Trinajstić information content (AvgIpc) is 2.25. The molecule has 1 aliphatic heterocycles. The summed E-state index contributed by atoms with van der Waals surface area (Å²) in [5, 5.41) is 0. The van der Waals surface area contributed by atoms with Gasteiger partial charge >= 0.3 is 103 Å². The summed E-state index contributed by atoms with van der Waals surface area (Å²) in [5.41, 5.74) is 0.0629. The predicted molar refractivity (Wildman–Crippen MR) is 65.4 cm³/mol. The second-order valence-corrected chi connectivity index (χ2v) is 8.97. The van der Waals surface area contributed by atoms with Crippen molar-refractivity contribution in [2.45, 2.75) is 13.8 Å². The fraction of sp³-hybridized carbons (Fsp3) is 0.455. The molecule has 0 radical (unpaired) electrons. The van der Waals surface area contributed by atoms with Crippen LogP contribution >= 0.6 is 6.19 Å². The van der Waals surface area contributed by atoms with E-state index < -0.39 is 6.19 Å². The van der Waals surface area contributed by atoms with Gasteiger partial charge in [0.05, 0.1) is 0 Å². The van der Waals surface area contributed by atoms with E-state index in [9.17, 15) is 0 Å². The third-order valence-electron chi connectivity index (χ3n) is 2.19. The summed E-state index contributed by atoms with van der Waals surface area (Å²) < 4.78 is 17.1. The Bertz CT molecular complexity index is 391. The van der Waals surface area contributed by atoms with Crippen molar-refractivity contribution in [1.29, 1.82) is 0 Å². The monoisotopic (exact) mass is 306 g/mol. The minimum atomic E-state index is -2.29. The van der Waals surface area contributed by atoms with Gasteiger partial charge in [0.25, 0.3) is 0 Å². The standard InChI is InChI=1S/C11H15O3PSe/c1-11(2)8-12-15(16,13-9-11)14-10-6-4-3-5-7-10/h3-7H,8-9H2,1-2H3. The van der Waals surface area contributed by atoms with Gasteiger partial charge in [0, 0.05) is 0 Å². The molecule has 88 valence electrons. The maximum absolute atomic E-state index is 5.75. The van der Waals surface area contributed by atoms with E-state index in [-0.39, 0.29) is 5.41 Å². The molecule has 16 heavy (non-hydrogen) atoms. The Balaban J connectivity index is 2.03. The van der Waals surface area contributed by atoms with Crippen molar-refractivity contribution < 1.29 is 13.6 Å². The van der Waals surface area contributed by atoms with Gasteiger partial charge in [-0.1, -0.05) is 0 Å². The van der Waals surface area contributed by atoms with Crippen LogP contribution in [0.5, 0.6) is 5.75 Å². The van der Waals surface area contributed by atoms with Crippen molar-refractivity contribution in [3.05, 3.63) is 30.3 Å². The molecular weight excluding hydrogens is 290 g/mol. The SMILES string of the molecule is CC1(C)COP(=[Se])(Oc2ccccc2)OC1. The molecule has 0 atom stereocenters. The van der Waals surface area contributed by atoms with Crippen molar-refractivity contribution in [3.8, 4) is 5.75 Å². The van der Waals surface area contributed by atoms with Crippen LogP contribution < -0.4 is 4.52 Å². The summed E-state index contributed by atoms with van der Waals surface area (Å²) in [6.07, 6.45) is -2.29. The summed E-state index contributed by atoms with van der Waals surface area (Å²) in [6.45, 7) is 5.53. The number of benzene rings is 1. The molecular formula is C11H15O3PSe. The number of hydrogen-bond acceptors (Lipinski definition) is 3. The van der Waals surface area contributed by atoms with Crippen LogP contribution in [-0.4, -0.2) is 28.3 Å². The number of hydrogen-bond donors (Lipinski definition) is 0. The van der Waals surface area contributed by atoms with E-state index in [1.54, 1.807) is 0 Å². The van der Waals surface area contributed by atoms with Crippen LogP contribution in [0.3, 0.4) is 0 Å². The van der Waals surface area contributed by atoms with E-state index in [0.717, 1.165) is 5.75 Å². The molecule has 1 aromatic carbocycles. The third-order valence-corrected chi connectivity index (χ3v) is 5.31. The van der Waals surface area contributed by atoms with Crippen molar-refractivity contribution >= 4 is 21.3 Å². The molecule has 0 aliphatic carbocycles. The molecule has 0 bridgehead atoms. The first-order chi connectivity index (χ1) is 7.49. The zero-order valence-corrected chi connectivity index (χ0v) is 12.0. The van der Waals surface area contributed by atoms with Crippen molar-refractivity contribution in [2.75, 3.05) is 13.2 Å². The molecule has 5 heteroatoms. The first kappa shape index (κ1) is 12.3. The third kappa shape index (κ3) is 3.19. The molecule has 1 saturated heterocycles. The zero-order valence-electron chi connectivity index (χ0n) is 9.38. The van der Waals surface area contributed by atoms with Gasteiger partial charge in [0.1, 0.15) is 0 Å². The van der Waals surface area contributed by atoms with Gasteiger partial charge in [-0.25, -0.2) is 0 Å². The Morgan fingerprint density at radius 3 is 2.31 bits per heavy atom. The van der Waals surface area contributed by atoms with E-state index in [1.165, 1.54) is 0 Å². The van der Waals surface area contributed by atoms with Crippen LogP contribution in [0.2, 0.25) is 0 Å². The summed E-state index contributed by atoms with van der Waals surface area (Å²) >= 11 is 2.92. The molecule has 1 aliphatic rings. The Morgan fingerprint density at radius 2 is 1.75 bits per heavy atom. The molecule has 3 nitrogen and oxygen atoms in total. The molecule has 1 heterocycles. The van der Waals surface area contributed by atoms with Gasteiger partial charge in [0.15, 0.2) is 0 Å². The first-order valence-corrected chi connectivity index (χ1v) is 8.89. The fourth-order valence-corrected chi connectivity index (χ4v) is 4.03. The van der Waals surface area contributed by atoms with Gasteiger partial charge < -0.3 is 0 Å². The molecule has 1 fully saturated rings. The molecule has 0 aromatic heterocycles. The van der Waals surface area contributed by atoms with Gasteiger partial charge in [-0.2, -0.15) is 0 Å². The van der Waals surface area contributed by atoms with Crippen molar-refractivity contribution in [1.82, 2.24) is 0 Å². The van der Waals surface area contributed by atoms with E-state index in [0.29, 0.717) is 13.2 Å². The van der Waals surface area contributed by atoms with Crippen LogP contribution in [0.1, 0.15) is 13.8 Å². The topological polar surface area (TPSA) is 27.7 Å². The number of para-hydroxylation sites is 1. The van der Waals surface area contributed by atoms with Crippen LogP contribution in [0, 0.1) is 5.41 Å². The Hall–Kier alpha value is -0.111. The maximum atomic E-state index is 5.75. The van der Waals surface area contributed by atoms with E-state index in [2.05, 4.69) is 28.9 Å². The van der Waals surface area contributed by atoms with Gasteiger partial charge in [0.2, 0.25) is 0 Å². The molecule has 0 amide bonds. The molecule has 0 N–H and O–H groups in total. The molecule has 1 aromatic rings. The molecule has 2 rings (SSSR count). The second-order valence-electron chi connectivity index (χ2n) is 4.56. The number of rotatable bonds is 2. The fourth-order valence-electron chi connectivity index (χ4n) is 1.25. The van der Waals surface area contributed by atoms with Crippen molar-refractivity contribution in [3.63, 3.8) is 0 Å². The van der Waals surface area contributed by atoms with Gasteiger partial charge in [-0.15, -0.1) is 0 Å². The Morgan fingerprint density at radius 1 is 1.19 bits per heavy atom. The van der Waals surface area contributed by atoms with Crippen LogP contribution in [0.25, 0.3) is 0 Å². The van der Waals surface area contributed by atoms with E-state index >= 15 is 0 Å². The second kappa shape index (κ2) is 4.64. The normalized spacial score (nSPS) is 22.6. The van der Waals surface area contributed by atoms with Crippen LogP contribution in [0.15, 0.2) is 30.3 Å². The average molecular weight is 305 g/mol. The van der Waals surface area contributed by atoms with E-state index in [1.807, 2.05) is 30.3 Å². The Kier molecular flexibility index (Phi) is 3.58.